The molecule has 0 spiro atoms. The number of para-hydroxylation sites is 2. The molecule has 0 unspecified atom stereocenters. The number of rotatable bonds is 2. The molecule has 0 aliphatic rings. The standard InChI is InChI=1S/C29H18N2O.C3H6/c1-3-9-26-22(7-1)23-8-2-4-10-27(23)31(26)21-12-14-29-25(17-21)24-16-19(11-13-28(24)32-29)20-6-5-15-30-18-20;1-3-2/h1-18H;3H,1H2,2H3. The van der Waals surface area contributed by atoms with Crippen molar-refractivity contribution in [3.05, 3.63) is 122 Å². The van der Waals surface area contributed by atoms with Crippen LogP contribution >= 0.6 is 0 Å². The highest BCUT2D eigenvalue weighted by molar-refractivity contribution is 6.10. The first-order valence-electron chi connectivity index (χ1n) is 11.7. The second kappa shape index (κ2) is 8.62. The van der Waals surface area contributed by atoms with Gasteiger partial charge in [0.2, 0.25) is 0 Å². The van der Waals surface area contributed by atoms with Crippen LogP contribution in [0.2, 0.25) is 0 Å². The van der Waals surface area contributed by atoms with Crippen molar-refractivity contribution >= 4 is 43.7 Å². The fraction of sp³-hybridized carbons (Fsp3) is 0.0312. The van der Waals surface area contributed by atoms with E-state index in [9.17, 15) is 0 Å². The maximum Gasteiger partial charge on any atom is 0.135 e. The number of fused-ring (bicyclic) bond motifs is 6. The van der Waals surface area contributed by atoms with Crippen LogP contribution in [0.1, 0.15) is 6.92 Å². The Hall–Kier alpha value is -4.63. The van der Waals surface area contributed by atoms with E-state index in [4.69, 9.17) is 4.42 Å². The van der Waals surface area contributed by atoms with Gasteiger partial charge in [-0.05, 0) is 61.0 Å². The lowest BCUT2D eigenvalue weighted by Gasteiger charge is -2.08. The topological polar surface area (TPSA) is 31.0 Å². The van der Waals surface area contributed by atoms with Crippen molar-refractivity contribution in [3.8, 4) is 16.8 Å². The first kappa shape index (κ1) is 20.9. The van der Waals surface area contributed by atoms with Crippen molar-refractivity contribution in [3.63, 3.8) is 0 Å². The highest BCUT2D eigenvalue weighted by Crippen LogP contribution is 2.36. The normalized spacial score (nSPS) is 11.1. The monoisotopic (exact) mass is 452 g/mol. The van der Waals surface area contributed by atoms with E-state index >= 15 is 0 Å². The van der Waals surface area contributed by atoms with Crippen LogP contribution in [-0.2, 0) is 0 Å². The molecule has 3 heteroatoms. The molecule has 0 amide bonds. The number of nitrogens with zero attached hydrogens (tertiary/aromatic N) is 2. The number of pyridine rings is 1. The van der Waals surface area contributed by atoms with Gasteiger partial charge in [0.15, 0.2) is 0 Å². The lowest BCUT2D eigenvalue weighted by Crippen LogP contribution is -1.93. The van der Waals surface area contributed by atoms with Gasteiger partial charge in [-0.1, -0.05) is 54.6 Å². The zero-order chi connectivity index (χ0) is 23.8. The van der Waals surface area contributed by atoms with E-state index in [1.807, 2.05) is 19.2 Å². The third-order valence-corrected chi connectivity index (χ3v) is 6.29. The molecule has 0 bridgehead atoms. The maximum absolute atomic E-state index is 6.17. The van der Waals surface area contributed by atoms with Gasteiger partial charge in [0.05, 0.1) is 11.0 Å². The molecule has 168 valence electrons. The largest absolute Gasteiger partial charge is 0.456 e. The molecule has 7 aromatic rings. The summed E-state index contributed by atoms with van der Waals surface area (Å²) >= 11 is 0. The summed E-state index contributed by atoms with van der Waals surface area (Å²) in [5, 5.41) is 4.76. The maximum atomic E-state index is 6.17. The lowest BCUT2D eigenvalue weighted by atomic mass is 10.0. The van der Waals surface area contributed by atoms with Gasteiger partial charge < -0.3 is 8.98 Å². The summed E-state index contributed by atoms with van der Waals surface area (Å²) in [7, 11) is 0. The second-order valence-electron chi connectivity index (χ2n) is 8.51. The summed E-state index contributed by atoms with van der Waals surface area (Å²) in [6.45, 7) is 5.25. The Bertz CT molecular complexity index is 1770. The van der Waals surface area contributed by atoms with Gasteiger partial charge in [0.1, 0.15) is 11.2 Å². The smallest absolute Gasteiger partial charge is 0.135 e. The molecule has 0 saturated heterocycles. The Labute approximate surface area is 203 Å². The van der Waals surface area contributed by atoms with Gasteiger partial charge in [0.25, 0.3) is 0 Å². The minimum absolute atomic E-state index is 0.895. The predicted molar refractivity (Wildman–Crippen MR) is 147 cm³/mol. The van der Waals surface area contributed by atoms with Gasteiger partial charge in [-0.15, -0.1) is 6.58 Å². The number of hydrogen-bond acceptors (Lipinski definition) is 2. The van der Waals surface area contributed by atoms with Gasteiger partial charge in [-0.2, -0.15) is 0 Å². The van der Waals surface area contributed by atoms with Gasteiger partial charge in [0, 0.05) is 45.2 Å². The molecule has 0 aliphatic heterocycles. The van der Waals surface area contributed by atoms with Crippen LogP contribution in [0.25, 0.3) is 60.6 Å². The van der Waals surface area contributed by atoms with Crippen molar-refractivity contribution in [2.24, 2.45) is 0 Å². The fourth-order valence-corrected chi connectivity index (χ4v) is 4.82. The van der Waals surface area contributed by atoms with Crippen LogP contribution in [-0.4, -0.2) is 9.55 Å². The average Bonchev–Trinajstić information content (AvgIpc) is 3.44. The Morgan fingerprint density at radius 3 is 1.97 bits per heavy atom. The van der Waals surface area contributed by atoms with Crippen molar-refractivity contribution in [2.45, 2.75) is 6.92 Å². The Kier molecular flexibility index (Phi) is 5.16. The van der Waals surface area contributed by atoms with Gasteiger partial charge in [-0.3, -0.25) is 4.98 Å². The number of benzene rings is 4. The Morgan fingerprint density at radius 1 is 0.686 bits per heavy atom. The van der Waals surface area contributed by atoms with Crippen molar-refractivity contribution < 1.29 is 4.42 Å². The molecule has 3 aromatic heterocycles. The van der Waals surface area contributed by atoms with Crippen molar-refractivity contribution in [1.29, 1.82) is 0 Å². The summed E-state index contributed by atoms with van der Waals surface area (Å²) < 4.78 is 8.51. The molecule has 4 aromatic carbocycles. The van der Waals surface area contributed by atoms with E-state index in [-0.39, 0.29) is 0 Å². The van der Waals surface area contributed by atoms with Crippen LogP contribution < -0.4 is 0 Å². The fourth-order valence-electron chi connectivity index (χ4n) is 4.82. The highest BCUT2D eigenvalue weighted by Gasteiger charge is 2.14. The molecule has 0 fully saturated rings. The molecule has 0 saturated carbocycles. The number of aromatic nitrogens is 2. The molecule has 0 radical (unpaired) electrons. The SMILES string of the molecule is C=CC.c1cncc(-c2ccc3oc4ccc(-n5c6ccccc6c6ccccc65)cc4c3c2)c1. The molecule has 3 heterocycles. The molecular formula is C32H24N2O. The molecule has 0 atom stereocenters. The summed E-state index contributed by atoms with van der Waals surface area (Å²) in [4.78, 5) is 4.27. The van der Waals surface area contributed by atoms with E-state index in [1.54, 1.807) is 12.3 Å². The summed E-state index contributed by atoms with van der Waals surface area (Å²) in [5.41, 5.74) is 7.57. The molecule has 0 N–H and O–H groups in total. The zero-order valence-electron chi connectivity index (χ0n) is 19.5. The van der Waals surface area contributed by atoms with Gasteiger partial charge in [-0.25, -0.2) is 0 Å². The van der Waals surface area contributed by atoms with E-state index in [1.165, 1.54) is 21.8 Å². The lowest BCUT2D eigenvalue weighted by molar-refractivity contribution is 0.669. The quantitative estimate of drug-likeness (QED) is 0.245. The van der Waals surface area contributed by atoms with Crippen molar-refractivity contribution in [2.75, 3.05) is 0 Å². The van der Waals surface area contributed by atoms with Crippen molar-refractivity contribution in [1.82, 2.24) is 9.55 Å². The van der Waals surface area contributed by atoms with Crippen LogP contribution in [0.5, 0.6) is 0 Å². The average molecular weight is 453 g/mol. The Morgan fingerprint density at radius 2 is 1.31 bits per heavy atom. The first-order chi connectivity index (χ1) is 17.3. The molecule has 7 rings (SSSR count). The van der Waals surface area contributed by atoms with Crippen LogP contribution in [0, 0.1) is 0 Å². The van der Waals surface area contributed by atoms with E-state index < -0.39 is 0 Å². The van der Waals surface area contributed by atoms with Crippen LogP contribution in [0.3, 0.4) is 0 Å². The summed E-state index contributed by atoms with van der Waals surface area (Å²) in [6.07, 6.45) is 5.44. The Balaban J connectivity index is 0.000000727. The molecular weight excluding hydrogens is 428 g/mol. The number of furan rings is 1. The molecule has 0 aliphatic carbocycles. The minimum atomic E-state index is 0.895. The highest BCUT2D eigenvalue weighted by atomic mass is 16.3. The third-order valence-electron chi connectivity index (χ3n) is 6.29. The minimum Gasteiger partial charge on any atom is -0.456 e. The molecule has 3 nitrogen and oxygen atoms in total. The van der Waals surface area contributed by atoms with Crippen LogP contribution in [0.4, 0.5) is 0 Å². The van der Waals surface area contributed by atoms with E-state index in [2.05, 4.69) is 107 Å². The van der Waals surface area contributed by atoms with Crippen LogP contribution in [0.15, 0.2) is 127 Å². The zero-order valence-corrected chi connectivity index (χ0v) is 19.5. The summed E-state index contributed by atoms with van der Waals surface area (Å²) in [6, 6.07) is 34.0. The van der Waals surface area contributed by atoms with E-state index in [0.717, 1.165) is 38.8 Å². The first-order valence-corrected chi connectivity index (χ1v) is 11.7. The summed E-state index contributed by atoms with van der Waals surface area (Å²) in [5.74, 6) is 0. The molecule has 35 heavy (non-hydrogen) atoms. The predicted octanol–water partition coefficient (Wildman–Crippen LogP) is 8.94. The second-order valence-corrected chi connectivity index (χ2v) is 8.51. The third kappa shape index (κ3) is 3.49. The number of hydrogen-bond donors (Lipinski definition) is 0. The number of allylic oxidation sites excluding steroid dienone is 1. The van der Waals surface area contributed by atoms with E-state index in [0.29, 0.717) is 0 Å². The van der Waals surface area contributed by atoms with Gasteiger partial charge >= 0.3 is 0 Å².